The minimum atomic E-state index is -3.49. The van der Waals surface area contributed by atoms with Gasteiger partial charge in [0.05, 0.1) is 15.5 Å². The standard InChI is InChI=1S/C14H16ClNO5S/c1-4-7-16-13(17)9(2)21-14(18)11-8-10(22(3,19)20)5-6-12(11)15/h4-6,8-9H,1,7H2,2-3H3,(H,16,17)/t9-/m0/s1. The Morgan fingerprint density at radius 1 is 1.45 bits per heavy atom. The summed E-state index contributed by atoms with van der Waals surface area (Å²) in [5.74, 6) is -1.37. The van der Waals surface area contributed by atoms with E-state index >= 15 is 0 Å². The van der Waals surface area contributed by atoms with Crippen LogP contribution in [0, 0.1) is 0 Å². The molecular weight excluding hydrogens is 330 g/mol. The van der Waals surface area contributed by atoms with Crippen LogP contribution in [0.25, 0.3) is 0 Å². The van der Waals surface area contributed by atoms with E-state index in [4.69, 9.17) is 16.3 Å². The molecule has 0 aliphatic heterocycles. The first-order chi connectivity index (χ1) is 10.2. The normalized spacial score (nSPS) is 12.3. The Balaban J connectivity index is 2.94. The molecule has 0 fully saturated rings. The number of benzene rings is 1. The zero-order valence-corrected chi connectivity index (χ0v) is 13.7. The fourth-order valence-electron chi connectivity index (χ4n) is 1.49. The van der Waals surface area contributed by atoms with Crippen LogP contribution in [0.15, 0.2) is 35.7 Å². The number of hydrogen-bond acceptors (Lipinski definition) is 5. The summed E-state index contributed by atoms with van der Waals surface area (Å²) in [4.78, 5) is 23.6. The number of esters is 1. The van der Waals surface area contributed by atoms with Gasteiger partial charge in [-0.1, -0.05) is 17.7 Å². The predicted octanol–water partition coefficient (Wildman–Crippen LogP) is 1.59. The molecule has 22 heavy (non-hydrogen) atoms. The van der Waals surface area contributed by atoms with E-state index in [1.165, 1.54) is 25.1 Å². The van der Waals surface area contributed by atoms with Gasteiger partial charge >= 0.3 is 5.97 Å². The maximum Gasteiger partial charge on any atom is 0.340 e. The largest absolute Gasteiger partial charge is 0.449 e. The van der Waals surface area contributed by atoms with Crippen molar-refractivity contribution in [1.29, 1.82) is 0 Å². The number of amides is 1. The van der Waals surface area contributed by atoms with Crippen LogP contribution in [0.2, 0.25) is 5.02 Å². The molecule has 0 saturated carbocycles. The topological polar surface area (TPSA) is 89.5 Å². The SMILES string of the molecule is C=CCNC(=O)[C@H](C)OC(=O)c1cc(S(C)(=O)=O)ccc1Cl. The van der Waals surface area contributed by atoms with E-state index in [1.54, 1.807) is 0 Å². The molecule has 1 aromatic carbocycles. The van der Waals surface area contributed by atoms with Gasteiger partial charge in [-0.05, 0) is 25.1 Å². The molecule has 120 valence electrons. The third-order valence-corrected chi connectivity index (χ3v) is 4.10. The maximum atomic E-state index is 12.0. The van der Waals surface area contributed by atoms with Crippen molar-refractivity contribution < 1.29 is 22.7 Å². The summed E-state index contributed by atoms with van der Waals surface area (Å²) in [6.07, 6.45) is 1.45. The third-order valence-electron chi connectivity index (χ3n) is 2.66. The molecule has 0 aliphatic carbocycles. The van der Waals surface area contributed by atoms with Crippen LogP contribution >= 0.6 is 11.6 Å². The lowest BCUT2D eigenvalue weighted by Gasteiger charge is -2.13. The second kappa shape index (κ2) is 7.42. The third kappa shape index (κ3) is 4.85. The van der Waals surface area contributed by atoms with Crippen LogP contribution in [0.5, 0.6) is 0 Å². The highest BCUT2D eigenvalue weighted by atomic mass is 35.5. The van der Waals surface area contributed by atoms with Crippen molar-refractivity contribution in [1.82, 2.24) is 5.32 Å². The van der Waals surface area contributed by atoms with E-state index < -0.39 is 27.8 Å². The van der Waals surface area contributed by atoms with Crippen LogP contribution < -0.4 is 5.32 Å². The van der Waals surface area contributed by atoms with Gasteiger partial charge in [-0.3, -0.25) is 4.79 Å². The van der Waals surface area contributed by atoms with Gasteiger partial charge in [0.1, 0.15) is 0 Å². The zero-order chi connectivity index (χ0) is 16.9. The number of ether oxygens (including phenoxy) is 1. The Morgan fingerprint density at radius 3 is 2.64 bits per heavy atom. The molecule has 0 heterocycles. The van der Waals surface area contributed by atoms with Gasteiger partial charge in [-0.15, -0.1) is 6.58 Å². The van der Waals surface area contributed by atoms with Gasteiger partial charge in [0.15, 0.2) is 15.9 Å². The number of nitrogens with one attached hydrogen (secondary N) is 1. The van der Waals surface area contributed by atoms with Gasteiger partial charge in [0.25, 0.3) is 5.91 Å². The Morgan fingerprint density at radius 2 is 2.09 bits per heavy atom. The smallest absolute Gasteiger partial charge is 0.340 e. The van der Waals surface area contributed by atoms with Crippen molar-refractivity contribution in [3.05, 3.63) is 41.4 Å². The Hall–Kier alpha value is -1.86. The van der Waals surface area contributed by atoms with Crippen LogP contribution in [-0.2, 0) is 19.4 Å². The number of carbonyl (C=O) groups is 2. The Bertz CT molecular complexity index is 699. The van der Waals surface area contributed by atoms with Gasteiger partial charge in [-0.2, -0.15) is 0 Å². The summed E-state index contributed by atoms with van der Waals surface area (Å²) in [6, 6.07) is 3.69. The first-order valence-corrected chi connectivity index (χ1v) is 8.53. The molecule has 8 heteroatoms. The zero-order valence-electron chi connectivity index (χ0n) is 12.1. The van der Waals surface area contributed by atoms with Crippen molar-refractivity contribution in [2.75, 3.05) is 12.8 Å². The second-order valence-electron chi connectivity index (χ2n) is 4.50. The second-order valence-corrected chi connectivity index (χ2v) is 6.92. The summed E-state index contributed by atoms with van der Waals surface area (Å²) < 4.78 is 28.0. The van der Waals surface area contributed by atoms with E-state index in [2.05, 4.69) is 11.9 Å². The molecule has 1 N–H and O–H groups in total. The van der Waals surface area contributed by atoms with Crippen molar-refractivity contribution in [3.63, 3.8) is 0 Å². The molecule has 0 unspecified atom stereocenters. The van der Waals surface area contributed by atoms with E-state index in [9.17, 15) is 18.0 Å². The van der Waals surface area contributed by atoms with Gasteiger partial charge in [-0.25, -0.2) is 13.2 Å². The molecule has 6 nitrogen and oxygen atoms in total. The number of hydrogen-bond donors (Lipinski definition) is 1. The molecule has 0 bridgehead atoms. The molecular formula is C14H16ClNO5S. The molecule has 1 rings (SSSR count). The van der Waals surface area contributed by atoms with Crippen LogP contribution in [0.1, 0.15) is 17.3 Å². The van der Waals surface area contributed by atoms with Crippen LogP contribution in [-0.4, -0.2) is 39.2 Å². The lowest BCUT2D eigenvalue weighted by molar-refractivity contribution is -0.128. The van der Waals surface area contributed by atoms with Crippen LogP contribution in [0.4, 0.5) is 0 Å². The minimum Gasteiger partial charge on any atom is -0.449 e. The summed E-state index contributed by atoms with van der Waals surface area (Å²) in [7, 11) is -3.49. The number of rotatable bonds is 6. The molecule has 1 aromatic rings. The summed E-state index contributed by atoms with van der Waals surface area (Å²) in [5, 5.41) is 2.51. The van der Waals surface area contributed by atoms with E-state index in [1.807, 2.05) is 0 Å². The molecule has 0 radical (unpaired) electrons. The molecule has 0 aromatic heterocycles. The number of carbonyl (C=O) groups excluding carboxylic acids is 2. The highest BCUT2D eigenvalue weighted by molar-refractivity contribution is 7.90. The maximum absolute atomic E-state index is 12.0. The molecule has 1 atom stereocenters. The number of sulfone groups is 1. The lowest BCUT2D eigenvalue weighted by atomic mass is 10.2. The Labute approximate surface area is 134 Å². The monoisotopic (exact) mass is 345 g/mol. The minimum absolute atomic E-state index is 0.0381. The Kier molecular flexibility index (Phi) is 6.13. The van der Waals surface area contributed by atoms with E-state index in [-0.39, 0.29) is 22.0 Å². The fourth-order valence-corrected chi connectivity index (χ4v) is 2.33. The summed E-state index contributed by atoms with van der Waals surface area (Å²) >= 11 is 5.88. The average molecular weight is 346 g/mol. The van der Waals surface area contributed by atoms with Crippen molar-refractivity contribution in [2.45, 2.75) is 17.9 Å². The first kappa shape index (κ1) is 18.2. The van der Waals surface area contributed by atoms with Gasteiger partial charge in [0.2, 0.25) is 0 Å². The summed E-state index contributed by atoms with van der Waals surface area (Å²) in [6.45, 7) is 5.08. The van der Waals surface area contributed by atoms with Crippen molar-refractivity contribution in [2.24, 2.45) is 0 Å². The molecule has 0 saturated heterocycles. The first-order valence-electron chi connectivity index (χ1n) is 6.26. The highest BCUT2D eigenvalue weighted by Gasteiger charge is 2.21. The average Bonchev–Trinajstić information content (AvgIpc) is 2.43. The molecule has 0 spiro atoms. The van der Waals surface area contributed by atoms with E-state index in [0.29, 0.717) is 0 Å². The summed E-state index contributed by atoms with van der Waals surface area (Å²) in [5.41, 5.74) is -0.118. The fraction of sp³-hybridized carbons (Fsp3) is 0.286. The quantitative estimate of drug-likeness (QED) is 0.624. The van der Waals surface area contributed by atoms with E-state index in [0.717, 1.165) is 12.3 Å². The van der Waals surface area contributed by atoms with Gasteiger partial charge < -0.3 is 10.1 Å². The lowest BCUT2D eigenvalue weighted by Crippen LogP contribution is -2.35. The molecule has 1 amide bonds. The van der Waals surface area contributed by atoms with Crippen molar-refractivity contribution >= 4 is 33.3 Å². The predicted molar refractivity (Wildman–Crippen MR) is 82.6 cm³/mol. The molecule has 0 aliphatic rings. The highest BCUT2D eigenvalue weighted by Crippen LogP contribution is 2.21. The van der Waals surface area contributed by atoms with Crippen LogP contribution in [0.3, 0.4) is 0 Å². The number of halogens is 1. The van der Waals surface area contributed by atoms with Crippen molar-refractivity contribution in [3.8, 4) is 0 Å². The van der Waals surface area contributed by atoms with Gasteiger partial charge in [0, 0.05) is 12.8 Å².